The summed E-state index contributed by atoms with van der Waals surface area (Å²) in [6.45, 7) is 6.31. The van der Waals surface area contributed by atoms with Crippen LogP contribution in [-0.4, -0.2) is 55.6 Å². The van der Waals surface area contributed by atoms with Crippen LogP contribution < -0.4 is 0 Å². The zero-order valence-corrected chi connectivity index (χ0v) is 11.3. The van der Waals surface area contributed by atoms with Crippen LogP contribution in [-0.2, 0) is 19.0 Å². The maximum atomic E-state index is 12.3. The van der Waals surface area contributed by atoms with Gasteiger partial charge >= 0.3 is 0 Å². The summed E-state index contributed by atoms with van der Waals surface area (Å²) in [5.74, 6) is 0.0562. The molecule has 0 N–H and O–H groups in total. The number of hydrogen-bond donors (Lipinski definition) is 0. The molecule has 0 radical (unpaired) electrons. The first-order valence-electron chi connectivity index (χ1n) is 6.89. The van der Waals surface area contributed by atoms with Crippen LogP contribution >= 0.6 is 0 Å². The minimum Gasteiger partial charge on any atom is -0.369 e. The predicted molar refractivity (Wildman–Crippen MR) is 66.1 cm³/mol. The van der Waals surface area contributed by atoms with Crippen LogP contribution in [0.2, 0.25) is 0 Å². The van der Waals surface area contributed by atoms with Gasteiger partial charge in [-0.15, -0.1) is 0 Å². The van der Waals surface area contributed by atoms with E-state index in [2.05, 4.69) is 0 Å². The second-order valence-corrected chi connectivity index (χ2v) is 4.80. The number of carbonyl (C=O) groups excluding carboxylic acids is 1. The Balaban J connectivity index is 2.00. The summed E-state index contributed by atoms with van der Waals surface area (Å²) in [4.78, 5) is 14.2. The van der Waals surface area contributed by atoms with Crippen molar-refractivity contribution in [1.29, 1.82) is 0 Å². The van der Waals surface area contributed by atoms with Crippen molar-refractivity contribution in [3.8, 4) is 0 Å². The third kappa shape index (κ3) is 3.02. The molecule has 2 heterocycles. The molecule has 0 aromatic rings. The molecule has 1 amide bonds. The average Bonchev–Trinajstić information content (AvgIpc) is 2.92. The Morgan fingerprint density at radius 1 is 1.39 bits per heavy atom. The fourth-order valence-electron chi connectivity index (χ4n) is 2.67. The first kappa shape index (κ1) is 13.8. The molecule has 104 valence electrons. The molecule has 2 fully saturated rings. The van der Waals surface area contributed by atoms with E-state index in [4.69, 9.17) is 14.2 Å². The van der Waals surface area contributed by atoms with E-state index in [9.17, 15) is 4.79 Å². The van der Waals surface area contributed by atoms with E-state index in [0.717, 1.165) is 25.8 Å². The number of hydrogen-bond acceptors (Lipinski definition) is 4. The summed E-state index contributed by atoms with van der Waals surface area (Å²) in [7, 11) is 0. The van der Waals surface area contributed by atoms with Crippen LogP contribution in [0.3, 0.4) is 0 Å². The lowest BCUT2D eigenvalue weighted by molar-refractivity contribution is -0.160. The van der Waals surface area contributed by atoms with Crippen molar-refractivity contribution in [1.82, 2.24) is 4.90 Å². The van der Waals surface area contributed by atoms with E-state index in [1.54, 1.807) is 0 Å². The fraction of sp³-hybridized carbons (Fsp3) is 0.923. The Kier molecular flexibility index (Phi) is 4.97. The second-order valence-electron chi connectivity index (χ2n) is 4.80. The third-order valence-corrected chi connectivity index (χ3v) is 3.56. The van der Waals surface area contributed by atoms with Crippen LogP contribution in [0.4, 0.5) is 0 Å². The summed E-state index contributed by atoms with van der Waals surface area (Å²) in [6, 6.07) is 0.0525. The Labute approximate surface area is 108 Å². The van der Waals surface area contributed by atoms with Gasteiger partial charge in [0.15, 0.2) is 6.29 Å². The zero-order chi connectivity index (χ0) is 13.0. The topological polar surface area (TPSA) is 48.0 Å². The van der Waals surface area contributed by atoms with Crippen molar-refractivity contribution >= 4 is 5.91 Å². The molecule has 2 aliphatic rings. The highest BCUT2D eigenvalue weighted by Gasteiger charge is 2.37. The first-order valence-corrected chi connectivity index (χ1v) is 6.89. The average molecular weight is 257 g/mol. The van der Waals surface area contributed by atoms with Gasteiger partial charge in [0, 0.05) is 13.2 Å². The van der Waals surface area contributed by atoms with Crippen LogP contribution in [0.1, 0.15) is 33.1 Å². The van der Waals surface area contributed by atoms with Gasteiger partial charge in [0.25, 0.3) is 5.91 Å². The van der Waals surface area contributed by atoms with Crippen molar-refractivity contribution < 1.29 is 19.0 Å². The van der Waals surface area contributed by atoms with E-state index < -0.39 is 0 Å². The SMILES string of the molecule is CCO[C@@H](C)C(=O)N1CCCC[C@H]1C1OCCO1. The van der Waals surface area contributed by atoms with Crippen LogP contribution in [0.15, 0.2) is 0 Å². The third-order valence-electron chi connectivity index (χ3n) is 3.56. The summed E-state index contributed by atoms with van der Waals surface area (Å²) >= 11 is 0. The molecule has 0 spiro atoms. The maximum absolute atomic E-state index is 12.3. The molecule has 0 bridgehead atoms. The quantitative estimate of drug-likeness (QED) is 0.758. The number of likely N-dealkylation sites (tertiary alicyclic amines) is 1. The summed E-state index contributed by atoms with van der Waals surface area (Å²) in [5, 5.41) is 0. The van der Waals surface area contributed by atoms with Gasteiger partial charge in [-0.1, -0.05) is 0 Å². The summed E-state index contributed by atoms with van der Waals surface area (Å²) < 4.78 is 16.5. The minimum absolute atomic E-state index is 0.0525. The molecule has 2 rings (SSSR count). The van der Waals surface area contributed by atoms with Crippen LogP contribution in [0.25, 0.3) is 0 Å². The van der Waals surface area contributed by atoms with E-state index in [0.29, 0.717) is 19.8 Å². The molecule has 0 saturated carbocycles. The summed E-state index contributed by atoms with van der Waals surface area (Å²) in [6.07, 6.45) is 2.50. The van der Waals surface area contributed by atoms with Crippen molar-refractivity contribution in [2.24, 2.45) is 0 Å². The Hall–Kier alpha value is -0.650. The van der Waals surface area contributed by atoms with E-state index in [1.165, 1.54) is 0 Å². The number of carbonyl (C=O) groups is 1. The largest absolute Gasteiger partial charge is 0.369 e. The van der Waals surface area contributed by atoms with Gasteiger partial charge in [0.1, 0.15) is 6.10 Å². The molecular weight excluding hydrogens is 234 g/mol. The smallest absolute Gasteiger partial charge is 0.251 e. The highest BCUT2D eigenvalue weighted by atomic mass is 16.7. The number of nitrogens with zero attached hydrogens (tertiary/aromatic N) is 1. The molecule has 0 aromatic carbocycles. The van der Waals surface area contributed by atoms with Gasteiger partial charge in [0.2, 0.25) is 0 Å². The monoisotopic (exact) mass is 257 g/mol. The van der Waals surface area contributed by atoms with Gasteiger partial charge < -0.3 is 19.1 Å². The predicted octanol–water partition coefficient (Wildman–Crippen LogP) is 1.17. The molecule has 0 aromatic heterocycles. The van der Waals surface area contributed by atoms with Gasteiger partial charge in [-0.3, -0.25) is 4.79 Å². The van der Waals surface area contributed by atoms with Crippen LogP contribution in [0.5, 0.6) is 0 Å². The lowest BCUT2D eigenvalue weighted by Crippen LogP contribution is -2.53. The van der Waals surface area contributed by atoms with Gasteiger partial charge in [0.05, 0.1) is 19.3 Å². The summed E-state index contributed by atoms with van der Waals surface area (Å²) in [5.41, 5.74) is 0. The highest BCUT2D eigenvalue weighted by Crippen LogP contribution is 2.25. The lowest BCUT2D eigenvalue weighted by atomic mass is 10.0. The van der Waals surface area contributed by atoms with Gasteiger partial charge in [-0.2, -0.15) is 0 Å². The molecule has 5 heteroatoms. The van der Waals surface area contributed by atoms with E-state index >= 15 is 0 Å². The highest BCUT2D eigenvalue weighted by molar-refractivity contribution is 5.81. The van der Waals surface area contributed by atoms with Crippen molar-refractivity contribution in [3.05, 3.63) is 0 Å². The maximum Gasteiger partial charge on any atom is 0.251 e. The minimum atomic E-state index is -0.378. The second kappa shape index (κ2) is 6.50. The molecule has 18 heavy (non-hydrogen) atoms. The number of amides is 1. The van der Waals surface area contributed by atoms with Gasteiger partial charge in [-0.25, -0.2) is 0 Å². The van der Waals surface area contributed by atoms with E-state index in [1.807, 2.05) is 18.7 Å². The Morgan fingerprint density at radius 2 is 2.11 bits per heavy atom. The molecule has 2 aliphatic heterocycles. The number of ether oxygens (including phenoxy) is 3. The van der Waals surface area contributed by atoms with Crippen molar-refractivity contribution in [2.45, 2.75) is 51.5 Å². The molecule has 5 nitrogen and oxygen atoms in total. The van der Waals surface area contributed by atoms with Crippen molar-refractivity contribution in [3.63, 3.8) is 0 Å². The molecule has 0 unspecified atom stereocenters. The fourth-order valence-corrected chi connectivity index (χ4v) is 2.67. The Bertz CT molecular complexity index is 278. The molecule has 2 saturated heterocycles. The molecule has 2 atom stereocenters. The number of piperidine rings is 1. The standard InChI is InChI=1S/C13H23NO4/c1-3-16-10(2)12(15)14-7-5-4-6-11(14)13-17-8-9-18-13/h10-11,13H,3-9H2,1-2H3/t10-,11-/m0/s1. The molecule has 0 aliphatic carbocycles. The lowest BCUT2D eigenvalue weighted by Gasteiger charge is -2.39. The van der Waals surface area contributed by atoms with Crippen molar-refractivity contribution in [2.75, 3.05) is 26.4 Å². The first-order chi connectivity index (χ1) is 8.74. The Morgan fingerprint density at radius 3 is 2.78 bits per heavy atom. The van der Waals surface area contributed by atoms with Crippen LogP contribution in [0, 0.1) is 0 Å². The number of rotatable bonds is 4. The zero-order valence-electron chi connectivity index (χ0n) is 11.3. The van der Waals surface area contributed by atoms with Gasteiger partial charge in [-0.05, 0) is 33.1 Å². The van der Waals surface area contributed by atoms with E-state index in [-0.39, 0.29) is 24.3 Å². The normalized spacial score (nSPS) is 27.4. The molecular formula is C13H23NO4.